The second-order valence-corrected chi connectivity index (χ2v) is 6.74. The standard InChI is InChI=1S/C18H15BrF3NO4/c1-3-27-17(25)13-8-11(16(24)18(20,21)22)15-10-7-12(19)14(26-2)6-9(10)4-5-23(13)15/h6-8H,3-5H2,1-2H3. The molecule has 1 aliphatic heterocycles. The van der Waals surface area contributed by atoms with E-state index in [0.717, 1.165) is 11.6 Å². The van der Waals surface area contributed by atoms with Gasteiger partial charge in [-0.05, 0) is 53.0 Å². The Labute approximate surface area is 161 Å². The van der Waals surface area contributed by atoms with Gasteiger partial charge in [-0.25, -0.2) is 4.79 Å². The number of nitrogens with zero attached hydrogens (tertiary/aromatic N) is 1. The van der Waals surface area contributed by atoms with Crippen molar-refractivity contribution in [1.29, 1.82) is 0 Å². The summed E-state index contributed by atoms with van der Waals surface area (Å²) < 4.78 is 51.5. The van der Waals surface area contributed by atoms with Gasteiger partial charge in [-0.1, -0.05) is 0 Å². The van der Waals surface area contributed by atoms with E-state index in [1.165, 1.54) is 11.7 Å². The molecule has 0 N–H and O–H groups in total. The fraction of sp³-hybridized carbons (Fsp3) is 0.333. The van der Waals surface area contributed by atoms with Gasteiger partial charge in [-0.2, -0.15) is 13.2 Å². The monoisotopic (exact) mass is 445 g/mol. The van der Waals surface area contributed by atoms with Crippen LogP contribution in [0.25, 0.3) is 11.3 Å². The van der Waals surface area contributed by atoms with Crippen molar-refractivity contribution in [3.63, 3.8) is 0 Å². The molecule has 0 amide bonds. The smallest absolute Gasteiger partial charge is 0.454 e. The third kappa shape index (κ3) is 3.36. The molecule has 0 unspecified atom stereocenters. The molecule has 0 fully saturated rings. The number of carbonyl (C=O) groups excluding carboxylic acids is 2. The first kappa shape index (κ1) is 19.5. The number of ether oxygens (including phenoxy) is 2. The Balaban J connectivity index is 2.27. The fourth-order valence-corrected chi connectivity index (χ4v) is 3.69. The van der Waals surface area contributed by atoms with Gasteiger partial charge < -0.3 is 14.0 Å². The van der Waals surface area contributed by atoms with Crippen LogP contribution in [0.2, 0.25) is 0 Å². The molecule has 9 heteroatoms. The van der Waals surface area contributed by atoms with Crippen LogP contribution >= 0.6 is 15.9 Å². The second-order valence-electron chi connectivity index (χ2n) is 5.88. The molecule has 2 aromatic rings. The van der Waals surface area contributed by atoms with Crippen molar-refractivity contribution in [3.05, 3.63) is 39.5 Å². The summed E-state index contributed by atoms with van der Waals surface area (Å²) in [5.74, 6) is -2.24. The van der Waals surface area contributed by atoms with E-state index in [2.05, 4.69) is 15.9 Å². The molecular weight excluding hydrogens is 431 g/mol. The molecule has 0 spiro atoms. The summed E-state index contributed by atoms with van der Waals surface area (Å²) in [6.45, 7) is 1.91. The van der Waals surface area contributed by atoms with Crippen molar-refractivity contribution in [2.75, 3.05) is 13.7 Å². The fourth-order valence-electron chi connectivity index (χ4n) is 3.18. The number of carbonyl (C=O) groups is 2. The molecule has 3 rings (SSSR count). The van der Waals surface area contributed by atoms with Gasteiger partial charge in [0.25, 0.3) is 5.78 Å². The SMILES string of the molecule is CCOC(=O)c1cc(C(=O)C(F)(F)F)c2n1CCc1cc(OC)c(Br)cc1-2. The Hall–Kier alpha value is -2.29. The van der Waals surface area contributed by atoms with E-state index in [4.69, 9.17) is 9.47 Å². The van der Waals surface area contributed by atoms with Crippen LogP contribution in [0, 0.1) is 0 Å². The van der Waals surface area contributed by atoms with E-state index >= 15 is 0 Å². The molecule has 144 valence electrons. The number of hydrogen-bond donors (Lipinski definition) is 0. The molecule has 0 bridgehead atoms. The second kappa shape index (κ2) is 7.03. The highest BCUT2D eigenvalue weighted by molar-refractivity contribution is 9.10. The number of fused-ring (bicyclic) bond motifs is 3. The Morgan fingerprint density at radius 1 is 1.26 bits per heavy atom. The number of methoxy groups -OCH3 is 1. The molecular formula is C18H15BrF3NO4. The highest BCUT2D eigenvalue weighted by Crippen LogP contribution is 2.41. The summed E-state index contributed by atoms with van der Waals surface area (Å²) in [4.78, 5) is 24.2. The lowest BCUT2D eigenvalue weighted by atomic mass is 9.95. The number of halogens is 4. The lowest BCUT2D eigenvalue weighted by Gasteiger charge is -2.23. The largest absolute Gasteiger partial charge is 0.496 e. The predicted molar refractivity (Wildman–Crippen MR) is 94.2 cm³/mol. The number of Topliss-reactive ketones (excluding diaryl/α,β-unsaturated/α-hetero) is 1. The summed E-state index contributed by atoms with van der Waals surface area (Å²) in [6.07, 6.45) is -4.59. The Kier molecular flexibility index (Phi) is 5.07. The first-order valence-corrected chi connectivity index (χ1v) is 8.87. The zero-order valence-corrected chi connectivity index (χ0v) is 16.0. The maximum Gasteiger partial charge on any atom is 0.454 e. The van der Waals surface area contributed by atoms with Gasteiger partial charge in [0.1, 0.15) is 11.4 Å². The molecule has 27 heavy (non-hydrogen) atoms. The van der Waals surface area contributed by atoms with Crippen molar-refractivity contribution in [2.45, 2.75) is 26.1 Å². The molecule has 0 atom stereocenters. The van der Waals surface area contributed by atoms with E-state index < -0.39 is 23.5 Å². The molecule has 1 aromatic carbocycles. The van der Waals surface area contributed by atoms with Crippen molar-refractivity contribution in [1.82, 2.24) is 4.57 Å². The predicted octanol–water partition coefficient (Wildman–Crippen LogP) is 4.40. The number of alkyl halides is 3. The van der Waals surface area contributed by atoms with Gasteiger partial charge in [0.2, 0.25) is 0 Å². The number of esters is 1. The van der Waals surface area contributed by atoms with E-state index in [0.29, 0.717) is 22.2 Å². The molecule has 0 radical (unpaired) electrons. The third-order valence-electron chi connectivity index (χ3n) is 4.32. The summed E-state index contributed by atoms with van der Waals surface area (Å²) in [5, 5.41) is 0. The zero-order valence-electron chi connectivity index (χ0n) is 14.4. The number of benzene rings is 1. The molecule has 0 aliphatic carbocycles. The maximum atomic E-state index is 13.1. The first-order valence-electron chi connectivity index (χ1n) is 8.08. The number of aromatic nitrogens is 1. The van der Waals surface area contributed by atoms with Gasteiger partial charge in [-0.3, -0.25) is 4.79 Å². The molecule has 1 aromatic heterocycles. The van der Waals surface area contributed by atoms with Gasteiger partial charge in [0.15, 0.2) is 0 Å². The van der Waals surface area contributed by atoms with Crippen molar-refractivity contribution < 1.29 is 32.2 Å². The van der Waals surface area contributed by atoms with Crippen molar-refractivity contribution in [3.8, 4) is 17.0 Å². The van der Waals surface area contributed by atoms with Crippen LogP contribution in [0.5, 0.6) is 5.75 Å². The normalized spacial score (nSPS) is 13.0. The van der Waals surface area contributed by atoms with Gasteiger partial charge in [0.05, 0.1) is 29.4 Å². The Morgan fingerprint density at radius 2 is 1.96 bits per heavy atom. The average molecular weight is 446 g/mol. The highest BCUT2D eigenvalue weighted by Gasteiger charge is 2.43. The minimum absolute atomic E-state index is 0.0602. The topological polar surface area (TPSA) is 57.5 Å². The lowest BCUT2D eigenvalue weighted by molar-refractivity contribution is -0.0884. The minimum atomic E-state index is -5.06. The van der Waals surface area contributed by atoms with Gasteiger partial charge in [-0.15, -0.1) is 0 Å². The number of hydrogen-bond acceptors (Lipinski definition) is 4. The van der Waals surface area contributed by atoms with Crippen LogP contribution in [0.15, 0.2) is 22.7 Å². The summed E-state index contributed by atoms with van der Waals surface area (Å²) in [5.41, 5.74) is 0.593. The Bertz CT molecular complexity index is 934. The molecule has 5 nitrogen and oxygen atoms in total. The number of aryl methyl sites for hydroxylation is 1. The van der Waals surface area contributed by atoms with Gasteiger partial charge in [0, 0.05) is 12.1 Å². The molecule has 0 saturated heterocycles. The molecule has 2 heterocycles. The summed E-state index contributed by atoms with van der Waals surface area (Å²) in [6, 6.07) is 4.28. The van der Waals surface area contributed by atoms with Crippen LogP contribution in [-0.2, 0) is 17.7 Å². The molecule has 0 saturated carbocycles. The van der Waals surface area contributed by atoms with Crippen LogP contribution in [0.3, 0.4) is 0 Å². The van der Waals surface area contributed by atoms with E-state index in [1.807, 2.05) is 0 Å². The van der Waals surface area contributed by atoms with E-state index in [1.54, 1.807) is 19.1 Å². The van der Waals surface area contributed by atoms with Crippen LogP contribution in [-0.4, -0.2) is 36.2 Å². The van der Waals surface area contributed by atoms with Crippen LogP contribution < -0.4 is 4.74 Å². The third-order valence-corrected chi connectivity index (χ3v) is 4.94. The quantitative estimate of drug-likeness (QED) is 0.516. The Morgan fingerprint density at radius 3 is 2.56 bits per heavy atom. The summed E-state index contributed by atoms with van der Waals surface area (Å²) in [7, 11) is 1.48. The molecule has 1 aliphatic rings. The highest BCUT2D eigenvalue weighted by atomic mass is 79.9. The van der Waals surface area contributed by atoms with Gasteiger partial charge >= 0.3 is 12.1 Å². The maximum absolute atomic E-state index is 13.1. The number of rotatable bonds is 4. The van der Waals surface area contributed by atoms with Crippen molar-refractivity contribution >= 4 is 27.7 Å². The van der Waals surface area contributed by atoms with E-state index in [9.17, 15) is 22.8 Å². The first-order chi connectivity index (χ1) is 12.7. The lowest BCUT2D eigenvalue weighted by Crippen LogP contribution is -2.24. The zero-order chi connectivity index (χ0) is 19.9. The van der Waals surface area contributed by atoms with Crippen LogP contribution in [0.4, 0.5) is 13.2 Å². The number of ketones is 1. The van der Waals surface area contributed by atoms with Crippen molar-refractivity contribution in [2.24, 2.45) is 0 Å². The van der Waals surface area contributed by atoms with E-state index in [-0.39, 0.29) is 24.5 Å². The van der Waals surface area contributed by atoms with Crippen LogP contribution in [0.1, 0.15) is 33.3 Å². The minimum Gasteiger partial charge on any atom is -0.496 e. The average Bonchev–Trinajstić information content (AvgIpc) is 2.99. The summed E-state index contributed by atoms with van der Waals surface area (Å²) >= 11 is 3.32.